The molecule has 118 valence electrons. The number of hydrogen-bond acceptors (Lipinski definition) is 3. The quantitative estimate of drug-likeness (QED) is 0.706. The minimum absolute atomic E-state index is 0.339. The number of benzene rings is 1. The van der Waals surface area contributed by atoms with E-state index in [-0.39, 0.29) is 0 Å². The molecule has 0 amide bonds. The van der Waals surface area contributed by atoms with Gasteiger partial charge in [0.25, 0.3) is 0 Å². The summed E-state index contributed by atoms with van der Waals surface area (Å²) >= 11 is 0. The van der Waals surface area contributed by atoms with Crippen molar-refractivity contribution in [3.8, 4) is 0 Å². The summed E-state index contributed by atoms with van der Waals surface area (Å²) in [5, 5.41) is 3.65. The van der Waals surface area contributed by atoms with Crippen LogP contribution in [0.2, 0.25) is 0 Å². The van der Waals surface area contributed by atoms with Gasteiger partial charge in [-0.15, -0.1) is 0 Å². The van der Waals surface area contributed by atoms with Gasteiger partial charge in [0, 0.05) is 19.3 Å². The molecule has 3 nitrogen and oxygen atoms in total. The Morgan fingerprint density at radius 1 is 1.29 bits per heavy atom. The monoisotopic (exact) mass is 291 g/mol. The summed E-state index contributed by atoms with van der Waals surface area (Å²) < 4.78 is 11.2. The van der Waals surface area contributed by atoms with Crippen LogP contribution >= 0.6 is 0 Å². The molecular formula is C18H29NO2. The summed E-state index contributed by atoms with van der Waals surface area (Å²) in [6.07, 6.45) is 3.72. The van der Waals surface area contributed by atoms with E-state index in [9.17, 15) is 0 Å². The zero-order valence-corrected chi connectivity index (χ0v) is 13.4. The Morgan fingerprint density at radius 2 is 2.10 bits per heavy atom. The lowest BCUT2D eigenvalue weighted by molar-refractivity contribution is 0.0164. The van der Waals surface area contributed by atoms with Crippen LogP contribution in [0.1, 0.15) is 44.7 Å². The highest BCUT2D eigenvalue weighted by atomic mass is 16.5. The van der Waals surface area contributed by atoms with Crippen LogP contribution in [0.5, 0.6) is 0 Å². The van der Waals surface area contributed by atoms with E-state index >= 15 is 0 Å². The third-order valence-corrected chi connectivity index (χ3v) is 3.98. The van der Waals surface area contributed by atoms with E-state index in [1.165, 1.54) is 12.0 Å². The van der Waals surface area contributed by atoms with E-state index in [1.54, 1.807) is 0 Å². The van der Waals surface area contributed by atoms with Crippen molar-refractivity contribution in [2.75, 3.05) is 26.4 Å². The SMILES string of the molecule is CC(C)C(NCCCOCC1CCCO1)c1ccccc1. The molecule has 2 rings (SSSR count). The maximum Gasteiger partial charge on any atom is 0.0809 e. The molecule has 1 heterocycles. The van der Waals surface area contributed by atoms with E-state index in [2.05, 4.69) is 49.5 Å². The van der Waals surface area contributed by atoms with Crippen LogP contribution in [-0.4, -0.2) is 32.5 Å². The van der Waals surface area contributed by atoms with Gasteiger partial charge >= 0.3 is 0 Å². The zero-order valence-electron chi connectivity index (χ0n) is 13.4. The largest absolute Gasteiger partial charge is 0.379 e. The highest BCUT2D eigenvalue weighted by Gasteiger charge is 2.16. The summed E-state index contributed by atoms with van der Waals surface area (Å²) in [6.45, 7) is 7.99. The fourth-order valence-electron chi connectivity index (χ4n) is 2.82. The van der Waals surface area contributed by atoms with E-state index in [0.29, 0.717) is 18.1 Å². The van der Waals surface area contributed by atoms with Crippen molar-refractivity contribution in [3.63, 3.8) is 0 Å². The van der Waals surface area contributed by atoms with Gasteiger partial charge in [0.05, 0.1) is 12.7 Å². The maximum absolute atomic E-state index is 5.70. The molecule has 21 heavy (non-hydrogen) atoms. The molecule has 1 N–H and O–H groups in total. The maximum atomic E-state index is 5.70. The summed E-state index contributed by atoms with van der Waals surface area (Å²) in [7, 11) is 0. The van der Waals surface area contributed by atoms with Crippen LogP contribution in [0.4, 0.5) is 0 Å². The molecular weight excluding hydrogens is 262 g/mol. The lowest BCUT2D eigenvalue weighted by Gasteiger charge is -2.23. The first-order chi connectivity index (χ1) is 10.3. The van der Waals surface area contributed by atoms with Gasteiger partial charge in [-0.25, -0.2) is 0 Å². The van der Waals surface area contributed by atoms with Crippen LogP contribution in [0, 0.1) is 5.92 Å². The second-order valence-electron chi connectivity index (χ2n) is 6.15. The highest BCUT2D eigenvalue weighted by Crippen LogP contribution is 2.21. The molecule has 0 saturated carbocycles. The number of nitrogens with one attached hydrogen (secondary N) is 1. The molecule has 1 aromatic carbocycles. The normalized spacial score (nSPS) is 20.0. The van der Waals surface area contributed by atoms with Crippen molar-refractivity contribution in [1.29, 1.82) is 0 Å². The fourth-order valence-corrected chi connectivity index (χ4v) is 2.82. The average Bonchev–Trinajstić information content (AvgIpc) is 3.00. The van der Waals surface area contributed by atoms with E-state index in [0.717, 1.165) is 39.2 Å². The van der Waals surface area contributed by atoms with Crippen LogP contribution in [0.25, 0.3) is 0 Å². The topological polar surface area (TPSA) is 30.5 Å². The molecule has 1 saturated heterocycles. The summed E-state index contributed by atoms with van der Waals surface area (Å²) in [5.41, 5.74) is 1.37. The first-order valence-electron chi connectivity index (χ1n) is 8.25. The second kappa shape index (κ2) is 9.19. The predicted octanol–water partition coefficient (Wildman–Crippen LogP) is 3.56. The van der Waals surface area contributed by atoms with Gasteiger partial charge in [-0.3, -0.25) is 0 Å². The molecule has 0 radical (unpaired) electrons. The zero-order chi connectivity index (χ0) is 14.9. The molecule has 2 unspecified atom stereocenters. The molecule has 1 aromatic rings. The van der Waals surface area contributed by atoms with Crippen molar-refractivity contribution in [1.82, 2.24) is 5.32 Å². The molecule has 0 spiro atoms. The molecule has 0 bridgehead atoms. The molecule has 1 aliphatic heterocycles. The minimum Gasteiger partial charge on any atom is -0.379 e. The van der Waals surface area contributed by atoms with Crippen LogP contribution in [0.15, 0.2) is 30.3 Å². The minimum atomic E-state index is 0.339. The van der Waals surface area contributed by atoms with Gasteiger partial charge in [-0.1, -0.05) is 44.2 Å². The molecule has 2 atom stereocenters. The summed E-state index contributed by atoms with van der Waals surface area (Å²) in [6, 6.07) is 11.1. The second-order valence-corrected chi connectivity index (χ2v) is 6.15. The molecule has 0 aliphatic carbocycles. The Bertz CT molecular complexity index is 374. The molecule has 3 heteroatoms. The number of rotatable bonds is 9. The van der Waals surface area contributed by atoms with E-state index in [1.807, 2.05) is 0 Å². The Balaban J connectivity index is 1.61. The van der Waals surface area contributed by atoms with Gasteiger partial charge in [-0.2, -0.15) is 0 Å². The summed E-state index contributed by atoms with van der Waals surface area (Å²) in [5.74, 6) is 0.584. The molecule has 1 fully saturated rings. The fraction of sp³-hybridized carbons (Fsp3) is 0.667. The first kappa shape index (κ1) is 16.5. The van der Waals surface area contributed by atoms with E-state index in [4.69, 9.17) is 9.47 Å². The highest BCUT2D eigenvalue weighted by molar-refractivity contribution is 5.19. The van der Waals surface area contributed by atoms with E-state index < -0.39 is 0 Å². The average molecular weight is 291 g/mol. The van der Waals surface area contributed by atoms with Crippen LogP contribution in [-0.2, 0) is 9.47 Å². The molecule has 0 aromatic heterocycles. The lowest BCUT2D eigenvalue weighted by Crippen LogP contribution is -2.27. The Kier molecular flexibility index (Phi) is 7.20. The van der Waals surface area contributed by atoms with Crippen molar-refractivity contribution in [3.05, 3.63) is 35.9 Å². The summed E-state index contributed by atoms with van der Waals surface area (Å²) in [4.78, 5) is 0. The van der Waals surface area contributed by atoms with Gasteiger partial charge in [0.1, 0.15) is 0 Å². The van der Waals surface area contributed by atoms with Gasteiger partial charge in [0.15, 0.2) is 0 Å². The Morgan fingerprint density at radius 3 is 2.76 bits per heavy atom. The third-order valence-electron chi connectivity index (χ3n) is 3.98. The van der Waals surface area contributed by atoms with Crippen molar-refractivity contribution < 1.29 is 9.47 Å². The molecule has 1 aliphatic rings. The first-order valence-corrected chi connectivity index (χ1v) is 8.25. The van der Waals surface area contributed by atoms with Gasteiger partial charge < -0.3 is 14.8 Å². The Hall–Kier alpha value is -0.900. The van der Waals surface area contributed by atoms with Crippen LogP contribution < -0.4 is 5.32 Å². The lowest BCUT2D eigenvalue weighted by atomic mass is 9.96. The third kappa shape index (κ3) is 5.77. The van der Waals surface area contributed by atoms with Gasteiger partial charge in [0.2, 0.25) is 0 Å². The standard InChI is InChI=1S/C18H29NO2/c1-15(2)18(16-8-4-3-5-9-16)19-11-7-12-20-14-17-10-6-13-21-17/h3-5,8-9,15,17-19H,6-7,10-14H2,1-2H3. The van der Waals surface area contributed by atoms with Crippen LogP contribution in [0.3, 0.4) is 0 Å². The predicted molar refractivity (Wildman–Crippen MR) is 86.4 cm³/mol. The van der Waals surface area contributed by atoms with Crippen molar-refractivity contribution >= 4 is 0 Å². The number of ether oxygens (including phenoxy) is 2. The number of hydrogen-bond donors (Lipinski definition) is 1. The Labute approximate surface area is 129 Å². The van der Waals surface area contributed by atoms with Gasteiger partial charge in [-0.05, 0) is 37.3 Å². The van der Waals surface area contributed by atoms with Crippen molar-refractivity contribution in [2.24, 2.45) is 5.92 Å². The van der Waals surface area contributed by atoms with Crippen molar-refractivity contribution in [2.45, 2.75) is 45.3 Å². The smallest absolute Gasteiger partial charge is 0.0809 e.